The van der Waals surface area contributed by atoms with Crippen molar-refractivity contribution < 1.29 is 22.7 Å². The zero-order valence-electron chi connectivity index (χ0n) is 18.2. The molecular weight excluding hydrogens is 476 g/mol. The highest BCUT2D eigenvalue weighted by atomic mass is 32.2. The zero-order valence-corrected chi connectivity index (χ0v) is 19.8. The highest BCUT2D eigenvalue weighted by Gasteiger charge is 2.47. The van der Waals surface area contributed by atoms with E-state index < -0.39 is 28.2 Å². The lowest BCUT2D eigenvalue weighted by Crippen LogP contribution is -2.54. The molecule has 1 aromatic heterocycles. The summed E-state index contributed by atoms with van der Waals surface area (Å²) in [6.07, 6.45) is -2.19. The number of carbonyl (C=O) groups excluding carboxylic acids is 2. The van der Waals surface area contributed by atoms with E-state index in [1.807, 2.05) is 24.3 Å². The van der Waals surface area contributed by atoms with Gasteiger partial charge in [0.25, 0.3) is 15.9 Å². The van der Waals surface area contributed by atoms with Crippen molar-refractivity contribution in [3.8, 4) is 5.75 Å². The van der Waals surface area contributed by atoms with Crippen LogP contribution in [0.4, 0.5) is 4.79 Å². The van der Waals surface area contributed by atoms with Gasteiger partial charge in [-0.25, -0.2) is 13.2 Å². The number of nitrogens with zero attached hydrogens (tertiary/aromatic N) is 2. The first-order chi connectivity index (χ1) is 16.4. The Bertz CT molecular complexity index is 1250. The second kappa shape index (κ2) is 10.3. The second-order valence-electron chi connectivity index (χ2n) is 7.54. The van der Waals surface area contributed by atoms with Crippen molar-refractivity contribution in [2.75, 3.05) is 13.1 Å². The standard InChI is InChI=1S/C23H24N4O5S2/c24-15-17-6-4-7-18(14-17)16-25-21(28)22-26(23(29)32-19-8-2-1-3-9-19)11-12-27(22)34(30,31)20-10-5-13-33-20/h1-10,13-14,22H,11-12,15-16,24H2,(H,25,28). The summed E-state index contributed by atoms with van der Waals surface area (Å²) in [7, 11) is -4.00. The number of nitrogens with two attached hydrogens (primary N) is 1. The van der Waals surface area contributed by atoms with Crippen molar-refractivity contribution >= 4 is 33.4 Å². The van der Waals surface area contributed by atoms with Crippen LogP contribution in [0.3, 0.4) is 0 Å². The van der Waals surface area contributed by atoms with Crippen LogP contribution in [0.5, 0.6) is 5.75 Å². The molecule has 1 saturated heterocycles. The summed E-state index contributed by atoms with van der Waals surface area (Å²) in [6, 6.07) is 18.9. The first kappa shape index (κ1) is 23.9. The Morgan fingerprint density at radius 3 is 2.50 bits per heavy atom. The van der Waals surface area contributed by atoms with Gasteiger partial charge in [-0.1, -0.05) is 48.5 Å². The van der Waals surface area contributed by atoms with E-state index in [9.17, 15) is 18.0 Å². The predicted molar refractivity (Wildman–Crippen MR) is 127 cm³/mol. The largest absolute Gasteiger partial charge is 0.417 e. The number of para-hydroxylation sites is 1. The average Bonchev–Trinajstić information content (AvgIpc) is 3.55. The highest BCUT2D eigenvalue weighted by Crippen LogP contribution is 2.28. The van der Waals surface area contributed by atoms with Crippen LogP contribution in [0.2, 0.25) is 0 Å². The van der Waals surface area contributed by atoms with Crippen LogP contribution >= 0.6 is 11.3 Å². The van der Waals surface area contributed by atoms with Crippen LogP contribution in [0, 0.1) is 0 Å². The molecular formula is C23H24N4O5S2. The van der Waals surface area contributed by atoms with E-state index in [1.54, 1.807) is 41.8 Å². The number of carbonyl (C=O) groups is 2. The van der Waals surface area contributed by atoms with E-state index in [-0.39, 0.29) is 23.8 Å². The van der Waals surface area contributed by atoms with Crippen molar-refractivity contribution in [2.45, 2.75) is 23.5 Å². The van der Waals surface area contributed by atoms with Gasteiger partial charge in [0, 0.05) is 26.2 Å². The third kappa shape index (κ3) is 5.12. The lowest BCUT2D eigenvalue weighted by Gasteiger charge is -2.27. The molecule has 4 rings (SSSR count). The molecule has 3 aromatic rings. The lowest BCUT2D eigenvalue weighted by molar-refractivity contribution is -0.127. The quantitative estimate of drug-likeness (QED) is 0.514. The Balaban J connectivity index is 1.58. The third-order valence-electron chi connectivity index (χ3n) is 5.30. The molecule has 0 spiro atoms. The fourth-order valence-corrected chi connectivity index (χ4v) is 6.31. The Kier molecular flexibility index (Phi) is 7.27. The van der Waals surface area contributed by atoms with Crippen LogP contribution in [-0.2, 0) is 27.9 Å². The molecule has 1 unspecified atom stereocenters. The maximum absolute atomic E-state index is 13.3. The molecule has 2 aromatic carbocycles. The van der Waals surface area contributed by atoms with E-state index in [1.165, 1.54) is 6.07 Å². The van der Waals surface area contributed by atoms with Gasteiger partial charge in [-0.2, -0.15) is 4.31 Å². The Labute approximate surface area is 201 Å². The second-order valence-corrected chi connectivity index (χ2v) is 10.6. The first-order valence-corrected chi connectivity index (χ1v) is 12.9. The van der Waals surface area contributed by atoms with Crippen molar-refractivity contribution in [1.82, 2.24) is 14.5 Å². The topological polar surface area (TPSA) is 122 Å². The van der Waals surface area contributed by atoms with Crippen molar-refractivity contribution in [2.24, 2.45) is 5.73 Å². The molecule has 0 saturated carbocycles. The molecule has 2 amide bonds. The van der Waals surface area contributed by atoms with Crippen LogP contribution in [0.15, 0.2) is 76.3 Å². The normalized spacial score (nSPS) is 16.4. The number of ether oxygens (including phenoxy) is 1. The number of sulfonamides is 1. The predicted octanol–water partition coefficient (Wildman–Crippen LogP) is 2.35. The number of rotatable bonds is 7. The monoisotopic (exact) mass is 500 g/mol. The zero-order chi connectivity index (χ0) is 24.1. The number of thiophene rings is 1. The van der Waals surface area contributed by atoms with E-state index in [0.717, 1.165) is 31.7 Å². The third-order valence-corrected chi connectivity index (χ3v) is 8.52. The fraction of sp³-hybridized carbons (Fsp3) is 0.217. The number of amides is 2. The summed E-state index contributed by atoms with van der Waals surface area (Å²) < 4.78 is 33.0. The van der Waals surface area contributed by atoms with E-state index in [4.69, 9.17) is 10.5 Å². The van der Waals surface area contributed by atoms with Crippen molar-refractivity contribution in [1.29, 1.82) is 0 Å². The van der Waals surface area contributed by atoms with Crippen LogP contribution in [0.25, 0.3) is 0 Å². The van der Waals surface area contributed by atoms with E-state index in [0.29, 0.717) is 12.3 Å². The van der Waals surface area contributed by atoms with Crippen LogP contribution < -0.4 is 15.8 Å². The smallest absolute Gasteiger partial charge is 0.410 e. The minimum Gasteiger partial charge on any atom is -0.410 e. The van der Waals surface area contributed by atoms with Gasteiger partial charge in [-0.3, -0.25) is 9.69 Å². The number of benzene rings is 2. The Morgan fingerprint density at radius 2 is 1.79 bits per heavy atom. The van der Waals surface area contributed by atoms with Gasteiger partial charge in [-0.05, 0) is 34.7 Å². The molecule has 0 bridgehead atoms. The fourth-order valence-electron chi connectivity index (χ4n) is 3.64. The van der Waals surface area contributed by atoms with Gasteiger partial charge in [0.1, 0.15) is 9.96 Å². The summed E-state index contributed by atoms with van der Waals surface area (Å²) in [6.45, 7) is 0.482. The minimum atomic E-state index is -4.00. The average molecular weight is 501 g/mol. The highest BCUT2D eigenvalue weighted by molar-refractivity contribution is 7.91. The van der Waals surface area contributed by atoms with Crippen molar-refractivity contribution in [3.05, 3.63) is 83.2 Å². The number of nitrogens with one attached hydrogen (secondary N) is 1. The number of hydrogen-bond acceptors (Lipinski definition) is 7. The van der Waals surface area contributed by atoms with E-state index >= 15 is 0 Å². The van der Waals surface area contributed by atoms with Gasteiger partial charge in [0.15, 0.2) is 6.17 Å². The molecule has 1 aliphatic heterocycles. The maximum Gasteiger partial charge on any atom is 0.417 e. The Hall–Kier alpha value is -3.25. The summed E-state index contributed by atoms with van der Waals surface area (Å²) >= 11 is 1.05. The molecule has 11 heteroatoms. The SMILES string of the molecule is NCc1cccc(CNC(=O)C2N(C(=O)Oc3ccccc3)CCN2S(=O)(=O)c2cccs2)c1. The van der Waals surface area contributed by atoms with Crippen LogP contribution in [0.1, 0.15) is 11.1 Å². The minimum absolute atomic E-state index is 0.0109. The van der Waals surface area contributed by atoms with Gasteiger partial charge in [0.05, 0.1) is 0 Å². The van der Waals surface area contributed by atoms with Crippen LogP contribution in [-0.4, -0.2) is 48.9 Å². The summed E-state index contributed by atoms with van der Waals surface area (Å²) in [5.74, 6) is -0.328. The summed E-state index contributed by atoms with van der Waals surface area (Å²) in [5, 5.41) is 4.40. The molecule has 3 N–H and O–H groups in total. The summed E-state index contributed by atoms with van der Waals surface area (Å²) in [5.41, 5.74) is 7.39. The van der Waals surface area contributed by atoms with Gasteiger partial charge < -0.3 is 15.8 Å². The van der Waals surface area contributed by atoms with Crippen molar-refractivity contribution in [3.63, 3.8) is 0 Å². The van der Waals surface area contributed by atoms with Gasteiger partial charge >= 0.3 is 6.09 Å². The molecule has 1 aliphatic rings. The van der Waals surface area contributed by atoms with Gasteiger partial charge in [0.2, 0.25) is 0 Å². The molecule has 0 aliphatic carbocycles. The molecule has 2 heterocycles. The van der Waals surface area contributed by atoms with Gasteiger partial charge in [-0.15, -0.1) is 11.3 Å². The molecule has 1 atom stereocenters. The number of hydrogen-bond donors (Lipinski definition) is 2. The first-order valence-electron chi connectivity index (χ1n) is 10.5. The molecule has 178 valence electrons. The Morgan fingerprint density at radius 1 is 1.03 bits per heavy atom. The summed E-state index contributed by atoms with van der Waals surface area (Å²) in [4.78, 5) is 27.3. The molecule has 1 fully saturated rings. The molecule has 9 nitrogen and oxygen atoms in total. The van der Waals surface area contributed by atoms with E-state index in [2.05, 4.69) is 5.32 Å². The maximum atomic E-state index is 13.3. The lowest BCUT2D eigenvalue weighted by atomic mass is 10.1. The molecule has 0 radical (unpaired) electrons. The molecule has 34 heavy (non-hydrogen) atoms.